The Morgan fingerprint density at radius 1 is 1.11 bits per heavy atom. The van der Waals surface area contributed by atoms with E-state index in [-0.39, 0.29) is 11.7 Å². The van der Waals surface area contributed by atoms with Crippen LogP contribution in [0.2, 0.25) is 0 Å². The highest BCUT2D eigenvalue weighted by Gasteiger charge is 2.18. The number of nitrogens with zero attached hydrogens (tertiary/aromatic N) is 2. The molecule has 5 heteroatoms. The van der Waals surface area contributed by atoms with Crippen molar-refractivity contribution in [3.8, 4) is 16.9 Å². The number of carbonyl (C=O) groups is 1. The molecule has 0 fully saturated rings. The molecule has 0 spiro atoms. The number of amides is 1. The van der Waals surface area contributed by atoms with Crippen molar-refractivity contribution in [2.75, 3.05) is 6.54 Å². The smallest absolute Gasteiger partial charge is 0.270 e. The van der Waals surface area contributed by atoms with Gasteiger partial charge in [0, 0.05) is 12.1 Å². The van der Waals surface area contributed by atoms with Crippen LogP contribution in [-0.2, 0) is 0 Å². The fourth-order valence-corrected chi connectivity index (χ4v) is 3.10. The lowest BCUT2D eigenvalue weighted by molar-refractivity contribution is 0.0944. The van der Waals surface area contributed by atoms with E-state index in [4.69, 9.17) is 0 Å². The molecule has 1 heterocycles. The summed E-state index contributed by atoms with van der Waals surface area (Å²) < 4.78 is 15.0. The molecule has 0 aliphatic carbocycles. The van der Waals surface area contributed by atoms with E-state index in [1.54, 1.807) is 22.9 Å². The predicted octanol–water partition coefficient (Wildman–Crippen LogP) is 5.07. The van der Waals surface area contributed by atoms with E-state index in [1.165, 1.54) is 12.1 Å². The molecule has 0 aliphatic rings. The number of aromatic nitrogens is 2. The van der Waals surface area contributed by atoms with E-state index in [0.29, 0.717) is 23.9 Å². The van der Waals surface area contributed by atoms with Gasteiger partial charge in [-0.25, -0.2) is 9.07 Å². The Kier molecular flexibility index (Phi) is 5.93. The zero-order chi connectivity index (χ0) is 20.3. The Morgan fingerprint density at radius 3 is 2.46 bits per heavy atom. The number of halogens is 1. The van der Waals surface area contributed by atoms with Crippen LogP contribution in [0.4, 0.5) is 4.39 Å². The van der Waals surface area contributed by atoms with Crippen molar-refractivity contribution in [3.63, 3.8) is 0 Å². The van der Waals surface area contributed by atoms with E-state index in [1.807, 2.05) is 26.0 Å². The summed E-state index contributed by atoms with van der Waals surface area (Å²) in [6, 6.07) is 13.9. The Hall–Kier alpha value is -2.95. The van der Waals surface area contributed by atoms with Gasteiger partial charge in [-0.15, -0.1) is 0 Å². The van der Waals surface area contributed by atoms with Crippen LogP contribution in [0, 0.1) is 25.6 Å². The molecule has 3 rings (SSSR count). The average molecular weight is 379 g/mol. The lowest BCUT2D eigenvalue weighted by Crippen LogP contribution is -2.27. The first kappa shape index (κ1) is 19.8. The zero-order valence-corrected chi connectivity index (χ0v) is 16.8. The highest BCUT2D eigenvalue weighted by molar-refractivity contribution is 5.94. The van der Waals surface area contributed by atoms with Gasteiger partial charge in [0.1, 0.15) is 11.5 Å². The first-order chi connectivity index (χ1) is 13.3. The van der Waals surface area contributed by atoms with Gasteiger partial charge in [0.15, 0.2) is 0 Å². The second kappa shape index (κ2) is 8.38. The van der Waals surface area contributed by atoms with Crippen molar-refractivity contribution < 1.29 is 9.18 Å². The summed E-state index contributed by atoms with van der Waals surface area (Å²) in [5, 5.41) is 7.65. The van der Waals surface area contributed by atoms with E-state index < -0.39 is 0 Å². The molecule has 0 radical (unpaired) electrons. The Morgan fingerprint density at radius 2 is 1.82 bits per heavy atom. The van der Waals surface area contributed by atoms with E-state index >= 15 is 0 Å². The molecule has 1 N–H and O–H groups in total. The molecule has 2 aromatic carbocycles. The third kappa shape index (κ3) is 4.47. The molecule has 0 bridgehead atoms. The lowest BCUT2D eigenvalue weighted by Gasteiger charge is -2.12. The van der Waals surface area contributed by atoms with Crippen molar-refractivity contribution in [1.82, 2.24) is 15.1 Å². The molecule has 1 aromatic heterocycles. The fourth-order valence-electron chi connectivity index (χ4n) is 3.10. The molecule has 3 aromatic rings. The summed E-state index contributed by atoms with van der Waals surface area (Å²) >= 11 is 0. The third-order valence-electron chi connectivity index (χ3n) is 4.67. The van der Waals surface area contributed by atoms with E-state index in [9.17, 15) is 9.18 Å². The molecule has 0 aliphatic heterocycles. The number of aryl methyl sites for hydroxylation is 2. The van der Waals surface area contributed by atoms with Gasteiger partial charge in [-0.05, 0) is 68.1 Å². The second-order valence-corrected chi connectivity index (χ2v) is 7.56. The summed E-state index contributed by atoms with van der Waals surface area (Å²) in [7, 11) is 0. The highest BCUT2D eigenvalue weighted by atomic mass is 19.1. The lowest BCUT2D eigenvalue weighted by atomic mass is 10.1. The topological polar surface area (TPSA) is 46.9 Å². The van der Waals surface area contributed by atoms with Crippen molar-refractivity contribution in [3.05, 3.63) is 71.2 Å². The first-order valence-electron chi connectivity index (χ1n) is 9.57. The van der Waals surface area contributed by atoms with Crippen molar-refractivity contribution in [1.29, 1.82) is 0 Å². The van der Waals surface area contributed by atoms with Gasteiger partial charge < -0.3 is 5.32 Å². The first-order valence-corrected chi connectivity index (χ1v) is 9.57. The summed E-state index contributed by atoms with van der Waals surface area (Å²) in [5.74, 6) is 0.0463. The van der Waals surface area contributed by atoms with Gasteiger partial charge in [0.05, 0.1) is 11.4 Å². The molecule has 0 unspecified atom stereocenters. The number of nitrogens with one attached hydrogen (secondary N) is 1. The second-order valence-electron chi connectivity index (χ2n) is 7.56. The van der Waals surface area contributed by atoms with Crippen LogP contribution in [0.5, 0.6) is 0 Å². The summed E-state index contributed by atoms with van der Waals surface area (Å²) in [4.78, 5) is 12.9. The standard InChI is InChI=1S/C23H26FN3O/c1-15(2)11-12-25-23(28)22-14-20(18-6-8-19(24)9-7-18)26-27(22)21-10-5-16(3)13-17(21)4/h5-10,13-15H,11-12H2,1-4H3,(H,25,28). The third-order valence-corrected chi connectivity index (χ3v) is 4.67. The van der Waals surface area contributed by atoms with Gasteiger partial charge in [0.25, 0.3) is 5.91 Å². The van der Waals surface area contributed by atoms with Gasteiger partial charge >= 0.3 is 0 Å². The predicted molar refractivity (Wildman–Crippen MR) is 110 cm³/mol. The van der Waals surface area contributed by atoms with Crippen LogP contribution in [0.1, 0.15) is 41.9 Å². The quantitative estimate of drug-likeness (QED) is 0.650. The van der Waals surface area contributed by atoms with Crippen molar-refractivity contribution in [2.45, 2.75) is 34.1 Å². The normalized spacial score (nSPS) is 11.1. The number of rotatable bonds is 6. The minimum absolute atomic E-state index is 0.165. The maximum absolute atomic E-state index is 13.3. The van der Waals surface area contributed by atoms with Crippen molar-refractivity contribution >= 4 is 5.91 Å². The van der Waals surface area contributed by atoms with Crippen molar-refractivity contribution in [2.24, 2.45) is 5.92 Å². The fraction of sp³-hybridized carbons (Fsp3) is 0.304. The van der Waals surface area contributed by atoms with Crippen LogP contribution in [0.15, 0.2) is 48.5 Å². The molecular formula is C23H26FN3O. The van der Waals surface area contributed by atoms with E-state index in [2.05, 4.69) is 30.3 Å². The molecule has 146 valence electrons. The van der Waals surface area contributed by atoms with Gasteiger partial charge in [-0.3, -0.25) is 4.79 Å². The minimum Gasteiger partial charge on any atom is -0.351 e. The molecule has 1 amide bonds. The molecule has 0 saturated carbocycles. The average Bonchev–Trinajstić information content (AvgIpc) is 3.07. The Balaban J connectivity index is 2.02. The van der Waals surface area contributed by atoms with Gasteiger partial charge in [-0.1, -0.05) is 31.5 Å². The highest BCUT2D eigenvalue weighted by Crippen LogP contribution is 2.24. The molecule has 0 saturated heterocycles. The summed E-state index contributed by atoms with van der Waals surface area (Å²) in [6.45, 7) is 8.89. The molecular weight excluding hydrogens is 353 g/mol. The number of benzene rings is 2. The van der Waals surface area contributed by atoms with Crippen LogP contribution >= 0.6 is 0 Å². The number of carbonyl (C=O) groups excluding carboxylic acids is 1. The van der Waals surface area contributed by atoms with Crippen LogP contribution in [0.25, 0.3) is 16.9 Å². The number of hydrogen-bond donors (Lipinski definition) is 1. The monoisotopic (exact) mass is 379 g/mol. The van der Waals surface area contributed by atoms with Crippen LogP contribution in [0.3, 0.4) is 0 Å². The number of hydrogen-bond acceptors (Lipinski definition) is 2. The molecule has 0 atom stereocenters. The van der Waals surface area contributed by atoms with Crippen LogP contribution < -0.4 is 5.32 Å². The zero-order valence-electron chi connectivity index (χ0n) is 16.8. The van der Waals surface area contributed by atoms with E-state index in [0.717, 1.165) is 28.8 Å². The summed E-state index contributed by atoms with van der Waals surface area (Å²) in [6.07, 6.45) is 0.911. The van der Waals surface area contributed by atoms with Crippen LogP contribution in [-0.4, -0.2) is 22.2 Å². The van der Waals surface area contributed by atoms with Gasteiger partial charge in [-0.2, -0.15) is 5.10 Å². The minimum atomic E-state index is -0.302. The summed E-state index contributed by atoms with van der Waals surface area (Å²) in [5.41, 5.74) is 4.90. The molecule has 28 heavy (non-hydrogen) atoms. The largest absolute Gasteiger partial charge is 0.351 e. The Labute approximate surface area is 165 Å². The SMILES string of the molecule is Cc1ccc(-n2nc(-c3ccc(F)cc3)cc2C(=O)NCCC(C)C)c(C)c1. The Bertz CT molecular complexity index is 974. The maximum Gasteiger partial charge on any atom is 0.270 e. The molecule has 4 nitrogen and oxygen atoms in total. The maximum atomic E-state index is 13.3. The van der Waals surface area contributed by atoms with Gasteiger partial charge in [0.2, 0.25) is 0 Å².